The van der Waals surface area contributed by atoms with Crippen molar-refractivity contribution in [3.63, 3.8) is 0 Å². The van der Waals surface area contributed by atoms with Crippen molar-refractivity contribution in [1.29, 1.82) is 0 Å². The van der Waals surface area contributed by atoms with Crippen LogP contribution < -0.4 is 10.6 Å². The summed E-state index contributed by atoms with van der Waals surface area (Å²) in [5, 5.41) is 4.14. The van der Waals surface area contributed by atoms with Gasteiger partial charge in [0, 0.05) is 17.4 Å². The van der Waals surface area contributed by atoms with Gasteiger partial charge in [0.25, 0.3) is 11.4 Å². The number of halogens is 6. The van der Waals surface area contributed by atoms with E-state index >= 15 is 0 Å². The first kappa shape index (κ1) is 16.0. The van der Waals surface area contributed by atoms with Gasteiger partial charge in [-0.2, -0.15) is 26.3 Å². The Morgan fingerprint density at radius 2 is 1.40 bits per heavy atom. The number of rotatable bonds is 0. The molecule has 2 aromatic rings. The molecular formula is C15H9F6N3O. The van der Waals surface area contributed by atoms with Crippen LogP contribution in [0.4, 0.5) is 37.8 Å². The molecule has 0 amide bonds. The van der Waals surface area contributed by atoms with Crippen LogP contribution in [0, 0.1) is 0 Å². The normalized spacial score (nSPS) is 27.6. The van der Waals surface area contributed by atoms with Gasteiger partial charge in [-0.3, -0.25) is 0 Å². The zero-order chi connectivity index (χ0) is 18.1. The van der Waals surface area contributed by atoms with Gasteiger partial charge in [0.15, 0.2) is 0 Å². The fourth-order valence-corrected chi connectivity index (χ4v) is 3.13. The number of alkyl halides is 6. The largest absolute Gasteiger partial charge is 0.441 e. The van der Waals surface area contributed by atoms with Gasteiger partial charge < -0.3 is 15.4 Å². The minimum Gasteiger partial charge on any atom is -0.346 e. The Morgan fingerprint density at radius 3 is 2.08 bits per heavy atom. The minimum atomic E-state index is -5.18. The van der Waals surface area contributed by atoms with Crippen LogP contribution in [0.1, 0.15) is 11.1 Å². The number of nitrogens with one attached hydrogen (secondary N) is 2. The Morgan fingerprint density at radius 1 is 0.800 bits per heavy atom. The van der Waals surface area contributed by atoms with Crippen molar-refractivity contribution >= 4 is 11.5 Å². The molecule has 2 aliphatic rings. The van der Waals surface area contributed by atoms with E-state index in [1.807, 2.05) is 5.32 Å². The summed E-state index contributed by atoms with van der Waals surface area (Å²) in [6.07, 6.45) is -9.26. The first-order valence-electron chi connectivity index (χ1n) is 7.06. The fourth-order valence-electron chi connectivity index (χ4n) is 3.13. The van der Waals surface area contributed by atoms with E-state index in [0.717, 1.165) is 24.4 Å². The molecule has 25 heavy (non-hydrogen) atoms. The number of nitrogens with zero attached hydrogens (tertiary/aromatic N) is 1. The highest BCUT2D eigenvalue weighted by Gasteiger charge is 2.74. The minimum absolute atomic E-state index is 0.328. The molecular weight excluding hydrogens is 352 g/mol. The lowest BCUT2D eigenvalue weighted by Crippen LogP contribution is -2.67. The molecule has 0 saturated heterocycles. The van der Waals surface area contributed by atoms with Crippen molar-refractivity contribution in [1.82, 2.24) is 4.98 Å². The number of fused-ring (bicyclic) bond motifs is 6. The average molecular weight is 361 g/mol. The number of benzene rings is 1. The van der Waals surface area contributed by atoms with Crippen LogP contribution in [0.3, 0.4) is 0 Å². The Hall–Kier alpha value is -2.49. The summed E-state index contributed by atoms with van der Waals surface area (Å²) in [4.78, 5) is 3.66. The Bertz CT molecular complexity index is 782. The molecule has 2 N–H and O–H groups in total. The van der Waals surface area contributed by atoms with Crippen LogP contribution >= 0.6 is 0 Å². The Kier molecular flexibility index (Phi) is 2.92. The Labute approximate surface area is 136 Å². The molecule has 1 aromatic carbocycles. The number of hydrogen-bond donors (Lipinski definition) is 2. The summed E-state index contributed by atoms with van der Waals surface area (Å²) in [7, 11) is 0. The van der Waals surface area contributed by atoms with E-state index in [0.29, 0.717) is 0 Å². The van der Waals surface area contributed by atoms with E-state index in [2.05, 4.69) is 10.3 Å². The van der Waals surface area contributed by atoms with Gasteiger partial charge in [-0.05, 0) is 18.2 Å². The number of aromatic nitrogens is 1. The third-order valence-electron chi connectivity index (χ3n) is 4.20. The SMILES string of the molecule is FC(F)(F)C12Nc3ncccc3C(C(F)(F)F)(Nc3ccccc31)O2. The van der Waals surface area contributed by atoms with Crippen LogP contribution in [-0.4, -0.2) is 17.3 Å². The number of para-hydroxylation sites is 1. The third-order valence-corrected chi connectivity index (χ3v) is 4.20. The summed E-state index contributed by atoms with van der Waals surface area (Å²) < 4.78 is 88.3. The molecule has 3 heterocycles. The van der Waals surface area contributed by atoms with E-state index in [9.17, 15) is 26.3 Å². The molecule has 2 bridgehead atoms. The number of hydrogen-bond acceptors (Lipinski definition) is 4. The molecule has 0 spiro atoms. The van der Waals surface area contributed by atoms with E-state index in [1.165, 1.54) is 18.2 Å². The Balaban J connectivity index is 2.10. The standard InChI is InChI=1S/C15H9F6N3O/c16-14(17,18)12-8-4-1-2-6-10(8)23-13(25-12,15(19,20)21)9-5-3-7-22-11(9)24-12/h1-7,23H,(H,22,24). The van der Waals surface area contributed by atoms with Crippen molar-refractivity contribution in [2.45, 2.75) is 23.8 Å². The number of anilines is 2. The van der Waals surface area contributed by atoms with Gasteiger partial charge in [0.2, 0.25) is 0 Å². The van der Waals surface area contributed by atoms with Gasteiger partial charge in [0.1, 0.15) is 5.82 Å². The lowest BCUT2D eigenvalue weighted by molar-refractivity contribution is -0.369. The van der Waals surface area contributed by atoms with Gasteiger partial charge >= 0.3 is 12.4 Å². The van der Waals surface area contributed by atoms with Crippen LogP contribution in [-0.2, 0) is 16.2 Å². The van der Waals surface area contributed by atoms with Gasteiger partial charge in [-0.25, -0.2) is 4.98 Å². The summed E-state index contributed by atoms with van der Waals surface area (Å²) in [6.45, 7) is 0. The van der Waals surface area contributed by atoms with Gasteiger partial charge in [-0.15, -0.1) is 0 Å². The van der Waals surface area contributed by atoms with Gasteiger partial charge in [-0.1, -0.05) is 18.2 Å². The van der Waals surface area contributed by atoms with Crippen molar-refractivity contribution in [3.8, 4) is 0 Å². The zero-order valence-corrected chi connectivity index (χ0v) is 12.2. The summed E-state index contributed by atoms with van der Waals surface area (Å²) in [5.41, 5.74) is -8.17. The molecule has 2 atom stereocenters. The fraction of sp³-hybridized carbons (Fsp3) is 0.267. The van der Waals surface area contributed by atoms with E-state index < -0.39 is 40.7 Å². The summed E-state index contributed by atoms with van der Waals surface area (Å²) in [6, 6.07) is 7.03. The molecule has 132 valence electrons. The molecule has 0 aliphatic carbocycles. The smallest absolute Gasteiger partial charge is 0.346 e. The predicted octanol–water partition coefficient (Wildman–Crippen LogP) is 4.08. The van der Waals surface area contributed by atoms with Crippen LogP contribution in [0.2, 0.25) is 0 Å². The quantitative estimate of drug-likeness (QED) is 0.695. The second-order valence-corrected chi connectivity index (χ2v) is 5.66. The molecule has 4 rings (SSSR count). The first-order chi connectivity index (χ1) is 11.6. The maximum atomic E-state index is 13.9. The zero-order valence-electron chi connectivity index (χ0n) is 12.2. The molecule has 2 unspecified atom stereocenters. The number of pyridine rings is 1. The van der Waals surface area contributed by atoms with Gasteiger partial charge in [0.05, 0.1) is 5.56 Å². The third kappa shape index (κ3) is 1.91. The predicted molar refractivity (Wildman–Crippen MR) is 74.5 cm³/mol. The topological polar surface area (TPSA) is 46.2 Å². The monoisotopic (exact) mass is 361 g/mol. The lowest BCUT2D eigenvalue weighted by Gasteiger charge is -2.54. The van der Waals surface area contributed by atoms with Crippen LogP contribution in [0.15, 0.2) is 42.6 Å². The second-order valence-electron chi connectivity index (χ2n) is 5.66. The highest BCUT2D eigenvalue weighted by molar-refractivity contribution is 5.67. The molecule has 10 heteroatoms. The first-order valence-corrected chi connectivity index (χ1v) is 7.06. The van der Waals surface area contributed by atoms with Crippen molar-refractivity contribution in [2.24, 2.45) is 0 Å². The summed E-state index contributed by atoms with van der Waals surface area (Å²) in [5.74, 6) is -0.551. The molecule has 0 saturated carbocycles. The van der Waals surface area contributed by atoms with Crippen molar-refractivity contribution in [3.05, 3.63) is 53.7 Å². The molecule has 0 fully saturated rings. The van der Waals surface area contributed by atoms with Crippen molar-refractivity contribution < 1.29 is 31.1 Å². The van der Waals surface area contributed by atoms with E-state index in [4.69, 9.17) is 4.74 Å². The molecule has 1 aromatic heterocycles. The second kappa shape index (κ2) is 4.57. The maximum absolute atomic E-state index is 13.9. The molecule has 0 radical (unpaired) electrons. The van der Waals surface area contributed by atoms with Crippen LogP contribution in [0.5, 0.6) is 0 Å². The lowest BCUT2D eigenvalue weighted by atomic mass is 9.88. The van der Waals surface area contributed by atoms with Crippen molar-refractivity contribution in [2.75, 3.05) is 10.6 Å². The molecule has 4 nitrogen and oxygen atoms in total. The molecule has 2 aliphatic heterocycles. The highest BCUT2D eigenvalue weighted by Crippen LogP contribution is 2.60. The van der Waals surface area contributed by atoms with E-state index in [-0.39, 0.29) is 5.69 Å². The number of ether oxygens (including phenoxy) is 1. The highest BCUT2D eigenvalue weighted by atomic mass is 19.4. The van der Waals surface area contributed by atoms with Crippen LogP contribution in [0.25, 0.3) is 0 Å². The van der Waals surface area contributed by atoms with E-state index in [1.54, 1.807) is 0 Å². The maximum Gasteiger partial charge on any atom is 0.441 e. The summed E-state index contributed by atoms with van der Waals surface area (Å²) >= 11 is 0. The average Bonchev–Trinajstić information content (AvgIpc) is 2.53.